The van der Waals surface area contributed by atoms with Crippen molar-refractivity contribution in [3.05, 3.63) is 58.9 Å². The molecule has 0 aliphatic heterocycles. The topological polar surface area (TPSA) is 26.3 Å². The highest BCUT2D eigenvalue weighted by Crippen LogP contribution is 2.27. The van der Waals surface area contributed by atoms with Crippen LogP contribution < -0.4 is 4.74 Å². The number of halogens is 1. The minimum absolute atomic E-state index is 0.223. The fourth-order valence-electron chi connectivity index (χ4n) is 1.99. The molecule has 3 heteroatoms. The van der Waals surface area contributed by atoms with Crippen LogP contribution in [0.5, 0.6) is 11.5 Å². The molecule has 2 aromatic rings. The standard InChI is InChI=1S/C16H15FO2/c1-10-6-11(2)8-14(7-10)19-16-5-4-13(17)9-15(16)12(3)18/h4-9H,1-3H3. The van der Waals surface area contributed by atoms with Gasteiger partial charge in [-0.3, -0.25) is 4.79 Å². The number of carbonyl (C=O) groups is 1. The summed E-state index contributed by atoms with van der Waals surface area (Å²) in [5, 5.41) is 0. The molecule has 0 N–H and O–H groups in total. The summed E-state index contributed by atoms with van der Waals surface area (Å²) in [6, 6.07) is 9.73. The first-order valence-electron chi connectivity index (χ1n) is 6.02. The Morgan fingerprint density at radius 3 is 2.26 bits per heavy atom. The number of rotatable bonds is 3. The number of ether oxygens (including phenoxy) is 1. The van der Waals surface area contributed by atoms with E-state index < -0.39 is 5.82 Å². The van der Waals surface area contributed by atoms with Crippen LogP contribution in [-0.4, -0.2) is 5.78 Å². The maximum absolute atomic E-state index is 13.2. The fourth-order valence-corrected chi connectivity index (χ4v) is 1.99. The number of hydrogen-bond acceptors (Lipinski definition) is 2. The molecule has 0 aliphatic carbocycles. The number of Topliss-reactive ketones (excluding diaryl/α,β-unsaturated/α-hetero) is 1. The van der Waals surface area contributed by atoms with Gasteiger partial charge in [0.2, 0.25) is 0 Å². The van der Waals surface area contributed by atoms with E-state index in [2.05, 4.69) is 0 Å². The molecular weight excluding hydrogens is 243 g/mol. The van der Waals surface area contributed by atoms with E-state index in [-0.39, 0.29) is 11.3 Å². The maximum atomic E-state index is 13.2. The highest BCUT2D eigenvalue weighted by atomic mass is 19.1. The van der Waals surface area contributed by atoms with E-state index in [4.69, 9.17) is 4.74 Å². The van der Waals surface area contributed by atoms with Crippen molar-refractivity contribution in [1.82, 2.24) is 0 Å². The van der Waals surface area contributed by atoms with Crippen molar-refractivity contribution in [2.75, 3.05) is 0 Å². The van der Waals surface area contributed by atoms with Crippen LogP contribution in [0, 0.1) is 19.7 Å². The molecule has 0 saturated heterocycles. The van der Waals surface area contributed by atoms with Crippen LogP contribution in [-0.2, 0) is 0 Å². The fraction of sp³-hybridized carbons (Fsp3) is 0.188. The Morgan fingerprint density at radius 2 is 1.68 bits per heavy atom. The third-order valence-corrected chi connectivity index (χ3v) is 2.74. The molecule has 0 aromatic heterocycles. The molecule has 0 spiro atoms. The van der Waals surface area contributed by atoms with Gasteiger partial charge in [0.1, 0.15) is 17.3 Å². The number of carbonyl (C=O) groups excluding carboxylic acids is 1. The van der Waals surface area contributed by atoms with Crippen LogP contribution in [0.1, 0.15) is 28.4 Å². The Hall–Kier alpha value is -2.16. The second-order valence-electron chi connectivity index (χ2n) is 4.62. The zero-order valence-electron chi connectivity index (χ0n) is 11.2. The monoisotopic (exact) mass is 258 g/mol. The van der Waals surface area contributed by atoms with Crippen LogP contribution >= 0.6 is 0 Å². The second kappa shape index (κ2) is 5.22. The molecule has 0 amide bonds. The SMILES string of the molecule is CC(=O)c1cc(F)ccc1Oc1cc(C)cc(C)c1. The van der Waals surface area contributed by atoms with Crippen molar-refractivity contribution in [2.45, 2.75) is 20.8 Å². The highest BCUT2D eigenvalue weighted by Gasteiger charge is 2.11. The van der Waals surface area contributed by atoms with Gasteiger partial charge in [0.05, 0.1) is 5.56 Å². The van der Waals surface area contributed by atoms with E-state index in [0.29, 0.717) is 11.5 Å². The average molecular weight is 258 g/mol. The third kappa shape index (κ3) is 3.19. The minimum Gasteiger partial charge on any atom is -0.457 e. The summed E-state index contributed by atoms with van der Waals surface area (Å²) >= 11 is 0. The largest absolute Gasteiger partial charge is 0.457 e. The molecule has 0 unspecified atom stereocenters. The normalized spacial score (nSPS) is 10.3. The summed E-state index contributed by atoms with van der Waals surface area (Å²) in [6.45, 7) is 5.33. The van der Waals surface area contributed by atoms with E-state index in [9.17, 15) is 9.18 Å². The zero-order chi connectivity index (χ0) is 14.0. The number of ketones is 1. The Bertz CT molecular complexity index is 612. The first-order valence-corrected chi connectivity index (χ1v) is 6.02. The van der Waals surface area contributed by atoms with Gasteiger partial charge in [-0.1, -0.05) is 6.07 Å². The van der Waals surface area contributed by atoms with Crippen molar-refractivity contribution in [3.63, 3.8) is 0 Å². The summed E-state index contributed by atoms with van der Waals surface area (Å²) in [7, 11) is 0. The van der Waals surface area contributed by atoms with Crippen LogP contribution in [0.3, 0.4) is 0 Å². The minimum atomic E-state index is -0.446. The van der Waals surface area contributed by atoms with E-state index >= 15 is 0 Å². The van der Waals surface area contributed by atoms with Gasteiger partial charge in [-0.25, -0.2) is 4.39 Å². The van der Waals surface area contributed by atoms with E-state index in [1.807, 2.05) is 32.0 Å². The predicted octanol–water partition coefficient (Wildman–Crippen LogP) is 4.44. The smallest absolute Gasteiger partial charge is 0.163 e. The molecule has 0 radical (unpaired) electrons. The molecule has 0 aliphatic rings. The van der Waals surface area contributed by atoms with E-state index in [0.717, 1.165) is 11.1 Å². The van der Waals surface area contributed by atoms with Gasteiger partial charge in [-0.05, 0) is 62.2 Å². The van der Waals surface area contributed by atoms with Gasteiger partial charge in [0, 0.05) is 0 Å². The van der Waals surface area contributed by atoms with Crippen molar-refractivity contribution in [2.24, 2.45) is 0 Å². The van der Waals surface area contributed by atoms with Gasteiger partial charge in [0.25, 0.3) is 0 Å². The molecular formula is C16H15FO2. The Balaban J connectivity index is 2.40. The number of aryl methyl sites for hydroxylation is 2. The summed E-state index contributed by atoms with van der Waals surface area (Å²) < 4.78 is 18.9. The van der Waals surface area contributed by atoms with Crippen molar-refractivity contribution in [3.8, 4) is 11.5 Å². The molecule has 0 fully saturated rings. The molecule has 98 valence electrons. The van der Waals surface area contributed by atoms with Crippen LogP contribution in [0.2, 0.25) is 0 Å². The van der Waals surface area contributed by atoms with Crippen molar-refractivity contribution in [1.29, 1.82) is 0 Å². The molecule has 0 saturated carbocycles. The third-order valence-electron chi connectivity index (χ3n) is 2.74. The summed E-state index contributed by atoms with van der Waals surface area (Å²) in [4.78, 5) is 11.5. The molecule has 2 nitrogen and oxygen atoms in total. The van der Waals surface area contributed by atoms with E-state index in [1.165, 1.54) is 25.1 Å². The summed E-state index contributed by atoms with van der Waals surface area (Å²) in [5.41, 5.74) is 2.39. The lowest BCUT2D eigenvalue weighted by Gasteiger charge is -2.11. The lowest BCUT2D eigenvalue weighted by Crippen LogP contribution is -1.98. The molecule has 0 bridgehead atoms. The summed E-state index contributed by atoms with van der Waals surface area (Å²) in [6.07, 6.45) is 0. The quantitative estimate of drug-likeness (QED) is 0.761. The van der Waals surface area contributed by atoms with Gasteiger partial charge < -0.3 is 4.74 Å². The maximum Gasteiger partial charge on any atom is 0.163 e. The Labute approximate surface area is 111 Å². The molecule has 0 atom stereocenters. The number of hydrogen-bond donors (Lipinski definition) is 0. The molecule has 0 heterocycles. The summed E-state index contributed by atoms with van der Waals surface area (Å²) in [5.74, 6) is 0.349. The van der Waals surface area contributed by atoms with E-state index in [1.54, 1.807) is 0 Å². The van der Waals surface area contributed by atoms with Gasteiger partial charge in [-0.2, -0.15) is 0 Å². The first-order chi connectivity index (χ1) is 8.95. The number of benzene rings is 2. The lowest BCUT2D eigenvalue weighted by atomic mass is 10.1. The zero-order valence-corrected chi connectivity index (χ0v) is 11.2. The molecule has 19 heavy (non-hydrogen) atoms. The van der Waals surface area contributed by atoms with Crippen LogP contribution in [0.4, 0.5) is 4.39 Å². The van der Waals surface area contributed by atoms with Crippen LogP contribution in [0.15, 0.2) is 36.4 Å². The van der Waals surface area contributed by atoms with Gasteiger partial charge in [-0.15, -0.1) is 0 Å². The molecule has 2 rings (SSSR count). The predicted molar refractivity (Wildman–Crippen MR) is 72.4 cm³/mol. The highest BCUT2D eigenvalue weighted by molar-refractivity contribution is 5.96. The van der Waals surface area contributed by atoms with Crippen molar-refractivity contribution >= 4 is 5.78 Å². The first kappa shape index (κ1) is 13.3. The lowest BCUT2D eigenvalue weighted by molar-refractivity contribution is 0.101. The van der Waals surface area contributed by atoms with Crippen molar-refractivity contribution < 1.29 is 13.9 Å². The van der Waals surface area contributed by atoms with Crippen LogP contribution in [0.25, 0.3) is 0 Å². The molecule has 2 aromatic carbocycles. The average Bonchev–Trinajstić information content (AvgIpc) is 2.30. The second-order valence-corrected chi connectivity index (χ2v) is 4.62. The Kier molecular flexibility index (Phi) is 3.65. The van der Waals surface area contributed by atoms with Gasteiger partial charge in [0.15, 0.2) is 5.78 Å². The van der Waals surface area contributed by atoms with Gasteiger partial charge >= 0.3 is 0 Å². The Morgan fingerprint density at radius 1 is 1.05 bits per heavy atom.